The lowest BCUT2D eigenvalue weighted by atomic mass is 10.1. The van der Waals surface area contributed by atoms with E-state index in [1.165, 1.54) is 0 Å². The van der Waals surface area contributed by atoms with Crippen LogP contribution in [-0.2, 0) is 18.3 Å². The highest BCUT2D eigenvalue weighted by Crippen LogP contribution is 2.51. The Bertz CT molecular complexity index is 558. The second kappa shape index (κ2) is 6.14. The summed E-state index contributed by atoms with van der Waals surface area (Å²) in [5.41, 5.74) is -3.14. The quantitative estimate of drug-likeness (QED) is 0.765. The summed E-state index contributed by atoms with van der Waals surface area (Å²) in [6.07, 6.45) is 2.05. The van der Waals surface area contributed by atoms with Gasteiger partial charge in [-0.25, -0.2) is 0 Å². The van der Waals surface area contributed by atoms with Crippen molar-refractivity contribution in [3.63, 3.8) is 0 Å². The standard InChI is InChI=1S/C14H16F3S.ClH/c1-3-6-11-9-12-10(4-2)7-5-8-13(12)18(11)14(15,16)17;/h5,7-9H,3-4,6H2,1-2H3;1H/q+1;/p-1. The number of aryl methyl sites for hydroxylation is 2. The lowest BCUT2D eigenvalue weighted by molar-refractivity contribution is -0.0867. The van der Waals surface area contributed by atoms with Crippen LogP contribution in [0.2, 0.25) is 0 Å². The van der Waals surface area contributed by atoms with Gasteiger partial charge in [-0.05, 0) is 24.5 Å². The van der Waals surface area contributed by atoms with E-state index in [0.717, 1.165) is 23.8 Å². The minimum atomic E-state index is -4.15. The third kappa shape index (κ3) is 3.06. The monoisotopic (exact) mass is 308 g/mol. The van der Waals surface area contributed by atoms with Crippen molar-refractivity contribution >= 4 is 20.6 Å². The van der Waals surface area contributed by atoms with E-state index >= 15 is 0 Å². The molecule has 106 valence electrons. The first-order valence-corrected chi connectivity index (χ1v) is 7.35. The Morgan fingerprint density at radius 2 is 1.84 bits per heavy atom. The molecule has 1 unspecified atom stereocenters. The fourth-order valence-electron chi connectivity index (χ4n) is 2.29. The van der Waals surface area contributed by atoms with Gasteiger partial charge in [-0.15, -0.1) is 13.2 Å². The van der Waals surface area contributed by atoms with Crippen molar-refractivity contribution in [2.24, 2.45) is 0 Å². The average molecular weight is 309 g/mol. The Morgan fingerprint density at radius 1 is 1.16 bits per heavy atom. The van der Waals surface area contributed by atoms with Crippen LogP contribution in [0.5, 0.6) is 0 Å². The molecule has 0 N–H and O–H groups in total. The van der Waals surface area contributed by atoms with E-state index in [9.17, 15) is 13.2 Å². The smallest absolute Gasteiger partial charge is 0.600 e. The lowest BCUT2D eigenvalue weighted by Crippen LogP contribution is -3.00. The summed E-state index contributed by atoms with van der Waals surface area (Å²) in [4.78, 5) is 0.543. The first kappa shape index (κ1) is 16.3. The predicted molar refractivity (Wildman–Crippen MR) is 71.1 cm³/mol. The van der Waals surface area contributed by atoms with Crippen molar-refractivity contribution in [3.05, 3.63) is 34.7 Å². The van der Waals surface area contributed by atoms with Crippen molar-refractivity contribution < 1.29 is 25.6 Å². The Labute approximate surface area is 120 Å². The Hall–Kier alpha value is -0.740. The van der Waals surface area contributed by atoms with Gasteiger partial charge in [0.15, 0.2) is 9.58 Å². The van der Waals surface area contributed by atoms with Gasteiger partial charge in [-0.1, -0.05) is 26.0 Å². The number of benzene rings is 1. The molecule has 2 aromatic rings. The van der Waals surface area contributed by atoms with Crippen LogP contribution in [-0.4, -0.2) is 0 Å². The zero-order valence-electron chi connectivity index (χ0n) is 10.9. The zero-order chi connectivity index (χ0) is 13.3. The molecule has 0 spiro atoms. The van der Waals surface area contributed by atoms with E-state index in [1.54, 1.807) is 18.2 Å². The van der Waals surface area contributed by atoms with Crippen LogP contribution < -0.4 is 12.4 Å². The number of hydrogen-bond donors (Lipinski definition) is 0. The van der Waals surface area contributed by atoms with E-state index in [1.807, 2.05) is 19.9 Å². The predicted octanol–water partition coefficient (Wildman–Crippen LogP) is 2.58. The molecule has 2 rings (SSSR count). The van der Waals surface area contributed by atoms with E-state index < -0.39 is 16.0 Å². The molecule has 0 fully saturated rings. The van der Waals surface area contributed by atoms with Crippen molar-refractivity contribution in [2.75, 3.05) is 0 Å². The summed E-state index contributed by atoms with van der Waals surface area (Å²) in [5, 5.41) is 0.809. The maximum Gasteiger partial charge on any atom is 0.600 e. The molecule has 0 aliphatic carbocycles. The van der Waals surface area contributed by atoms with Gasteiger partial charge in [-0.2, -0.15) is 0 Å². The van der Waals surface area contributed by atoms with E-state index in [0.29, 0.717) is 16.0 Å². The Morgan fingerprint density at radius 3 is 2.37 bits per heavy atom. The maximum atomic E-state index is 13.2. The second-order valence-corrected chi connectivity index (χ2v) is 6.33. The summed E-state index contributed by atoms with van der Waals surface area (Å²) >= 11 is 0. The molecule has 0 nitrogen and oxygen atoms in total. The number of thiophene rings is 1. The molecule has 0 bridgehead atoms. The van der Waals surface area contributed by atoms with Crippen LogP contribution in [0, 0.1) is 0 Å². The molecule has 0 radical (unpaired) electrons. The van der Waals surface area contributed by atoms with Gasteiger partial charge in [0, 0.05) is 17.9 Å². The maximum absolute atomic E-state index is 13.2. The average Bonchev–Trinajstić information content (AvgIpc) is 2.66. The number of hydrogen-bond acceptors (Lipinski definition) is 0. The molecule has 1 atom stereocenters. The molecule has 0 amide bonds. The number of rotatable bonds is 3. The SMILES string of the molecule is CCCc1cc2c(CC)cccc2[s+]1C(F)(F)F.[Cl-]. The second-order valence-electron chi connectivity index (χ2n) is 4.30. The summed E-state index contributed by atoms with van der Waals surface area (Å²) < 4.78 is 40.1. The highest BCUT2D eigenvalue weighted by Gasteiger charge is 2.47. The van der Waals surface area contributed by atoms with Crippen molar-refractivity contribution in [3.8, 4) is 0 Å². The van der Waals surface area contributed by atoms with E-state index in [-0.39, 0.29) is 12.4 Å². The van der Waals surface area contributed by atoms with Crippen molar-refractivity contribution in [1.29, 1.82) is 0 Å². The van der Waals surface area contributed by atoms with Gasteiger partial charge in [-0.3, -0.25) is 0 Å². The highest BCUT2D eigenvalue weighted by molar-refractivity contribution is 7.38. The van der Waals surface area contributed by atoms with Gasteiger partial charge in [0.25, 0.3) is 0 Å². The molecular formula is C14H16ClF3S. The van der Waals surface area contributed by atoms with Gasteiger partial charge >= 0.3 is 5.51 Å². The first-order chi connectivity index (χ1) is 8.49. The Balaban J connectivity index is 0.00000180. The molecule has 0 aliphatic heterocycles. The minimum Gasteiger partial charge on any atom is -1.00 e. The molecule has 0 saturated heterocycles. The number of fused-ring (bicyclic) bond motifs is 1. The largest absolute Gasteiger partial charge is 1.00 e. The molecule has 1 aromatic carbocycles. The molecular weight excluding hydrogens is 293 g/mol. The lowest BCUT2D eigenvalue weighted by Gasteiger charge is -1.99. The fourth-order valence-corrected chi connectivity index (χ4v) is 4.39. The molecule has 0 saturated carbocycles. The molecule has 5 heteroatoms. The summed E-state index contributed by atoms with van der Waals surface area (Å²) in [7, 11) is -1.71. The Kier molecular flexibility index (Phi) is 5.27. The van der Waals surface area contributed by atoms with Gasteiger partial charge in [0.1, 0.15) is 0 Å². The number of alkyl halides is 3. The molecule has 1 heterocycles. The van der Waals surface area contributed by atoms with Crippen molar-refractivity contribution in [1.82, 2.24) is 0 Å². The molecule has 0 aliphatic rings. The topological polar surface area (TPSA) is 0 Å². The van der Waals surface area contributed by atoms with Gasteiger partial charge in [0.2, 0.25) is 0 Å². The van der Waals surface area contributed by atoms with E-state index in [2.05, 4.69) is 0 Å². The third-order valence-electron chi connectivity index (χ3n) is 3.05. The van der Waals surface area contributed by atoms with Crippen LogP contribution in [0.15, 0.2) is 24.3 Å². The van der Waals surface area contributed by atoms with Gasteiger partial charge < -0.3 is 12.4 Å². The molecule has 19 heavy (non-hydrogen) atoms. The minimum absolute atomic E-state index is 0. The van der Waals surface area contributed by atoms with E-state index in [4.69, 9.17) is 0 Å². The van der Waals surface area contributed by atoms with Crippen LogP contribution in [0.1, 0.15) is 30.7 Å². The van der Waals surface area contributed by atoms with Crippen LogP contribution >= 0.6 is 10.5 Å². The summed E-state index contributed by atoms with van der Waals surface area (Å²) in [5.74, 6) is 0. The fraction of sp³-hybridized carbons (Fsp3) is 0.429. The summed E-state index contributed by atoms with van der Waals surface area (Å²) in [6, 6.07) is 7.06. The van der Waals surface area contributed by atoms with Crippen LogP contribution in [0.4, 0.5) is 13.2 Å². The third-order valence-corrected chi connectivity index (χ3v) is 5.16. The summed E-state index contributed by atoms with van der Waals surface area (Å²) in [6.45, 7) is 3.90. The first-order valence-electron chi connectivity index (χ1n) is 6.12. The van der Waals surface area contributed by atoms with Crippen LogP contribution in [0.3, 0.4) is 0 Å². The number of halogens is 4. The molecule has 1 aromatic heterocycles. The van der Waals surface area contributed by atoms with Crippen LogP contribution in [0.25, 0.3) is 10.1 Å². The van der Waals surface area contributed by atoms with Gasteiger partial charge in [0.05, 0.1) is 10.5 Å². The normalized spacial score (nSPS) is 12.6. The highest BCUT2D eigenvalue weighted by atomic mass is 35.5. The van der Waals surface area contributed by atoms with Crippen molar-refractivity contribution in [2.45, 2.75) is 38.6 Å². The zero-order valence-corrected chi connectivity index (χ0v) is 12.4.